The van der Waals surface area contributed by atoms with Gasteiger partial charge in [0.25, 0.3) is 0 Å². The first-order chi connectivity index (χ1) is 16.1. The van der Waals surface area contributed by atoms with E-state index in [2.05, 4.69) is 6.07 Å². The van der Waals surface area contributed by atoms with Gasteiger partial charge in [0.1, 0.15) is 29.0 Å². The summed E-state index contributed by atoms with van der Waals surface area (Å²) in [5.74, 6) is -1.42. The Kier molecular flexibility index (Phi) is 5.00. The normalized spacial score (nSPS) is 14.8. The van der Waals surface area contributed by atoms with E-state index in [9.17, 15) is 14.4 Å². The zero-order valence-corrected chi connectivity index (χ0v) is 17.3. The van der Waals surface area contributed by atoms with Crippen molar-refractivity contribution in [3.8, 4) is 17.6 Å². The highest BCUT2D eigenvalue weighted by Gasteiger charge is 2.32. The van der Waals surface area contributed by atoms with E-state index in [4.69, 9.17) is 15.2 Å². The summed E-state index contributed by atoms with van der Waals surface area (Å²) in [5.41, 5.74) is 7.87. The second-order valence-electron chi connectivity index (χ2n) is 7.56. The number of hydrogen-bond acceptors (Lipinski definition) is 5. The monoisotopic (exact) mass is 436 g/mol. The molecule has 160 valence electrons. The number of hydrogen-bond donors (Lipinski definition) is 1. The zero-order valence-electron chi connectivity index (χ0n) is 17.3. The van der Waals surface area contributed by atoms with E-state index in [0.717, 1.165) is 16.3 Å². The van der Waals surface area contributed by atoms with Crippen LogP contribution in [0.2, 0.25) is 0 Å². The maximum absolute atomic E-state index is 13.9. The highest BCUT2D eigenvalue weighted by atomic mass is 19.1. The van der Waals surface area contributed by atoms with Gasteiger partial charge in [-0.05, 0) is 34.5 Å². The summed E-state index contributed by atoms with van der Waals surface area (Å²) >= 11 is 0. The molecule has 1 aliphatic heterocycles. The lowest BCUT2D eigenvalue weighted by Gasteiger charge is -2.27. The third kappa shape index (κ3) is 3.56. The first-order valence-corrected chi connectivity index (χ1v) is 10.2. The fourth-order valence-electron chi connectivity index (χ4n) is 4.11. The van der Waals surface area contributed by atoms with Gasteiger partial charge < -0.3 is 15.2 Å². The summed E-state index contributed by atoms with van der Waals surface area (Å²) in [6.07, 6.45) is 0. The van der Waals surface area contributed by atoms with Crippen molar-refractivity contribution in [1.82, 2.24) is 0 Å². The number of esters is 1. The van der Waals surface area contributed by atoms with Crippen LogP contribution in [0.15, 0.2) is 96.4 Å². The minimum atomic E-state index is -0.823. The Morgan fingerprint density at radius 3 is 2.55 bits per heavy atom. The summed E-state index contributed by atoms with van der Waals surface area (Å²) < 4.78 is 25.0. The second kappa shape index (κ2) is 8.13. The Morgan fingerprint density at radius 1 is 0.970 bits per heavy atom. The van der Waals surface area contributed by atoms with Crippen LogP contribution in [0, 0.1) is 17.1 Å². The maximum Gasteiger partial charge on any atom is 0.346 e. The molecule has 33 heavy (non-hydrogen) atoms. The van der Waals surface area contributed by atoms with E-state index in [1.807, 2.05) is 42.5 Å². The first kappa shape index (κ1) is 20.3. The molecule has 0 fully saturated rings. The predicted molar refractivity (Wildman–Crippen MR) is 121 cm³/mol. The molecule has 0 radical (unpaired) electrons. The fourth-order valence-corrected chi connectivity index (χ4v) is 4.11. The van der Waals surface area contributed by atoms with Crippen molar-refractivity contribution in [3.63, 3.8) is 0 Å². The SMILES string of the molecule is N#CC1=C(N)Oc2cc(OC(=O)c3ccccc3F)ccc2C1c1cccc2ccccc12. The van der Waals surface area contributed by atoms with Gasteiger partial charge in [-0.3, -0.25) is 0 Å². The molecular weight excluding hydrogens is 419 g/mol. The smallest absolute Gasteiger partial charge is 0.346 e. The second-order valence-corrected chi connectivity index (χ2v) is 7.56. The van der Waals surface area contributed by atoms with Gasteiger partial charge in [-0.2, -0.15) is 5.26 Å². The third-order valence-corrected chi connectivity index (χ3v) is 5.63. The fraction of sp³-hybridized carbons (Fsp3) is 0.0370. The van der Waals surface area contributed by atoms with Gasteiger partial charge in [-0.1, -0.05) is 60.7 Å². The molecule has 1 unspecified atom stereocenters. The first-order valence-electron chi connectivity index (χ1n) is 10.2. The summed E-state index contributed by atoms with van der Waals surface area (Å²) in [6.45, 7) is 0. The van der Waals surface area contributed by atoms with Crippen molar-refractivity contribution in [3.05, 3.63) is 119 Å². The number of halogens is 1. The molecule has 5 nitrogen and oxygen atoms in total. The lowest BCUT2D eigenvalue weighted by Crippen LogP contribution is -2.21. The Hall–Kier alpha value is -4.63. The van der Waals surface area contributed by atoms with Gasteiger partial charge >= 0.3 is 5.97 Å². The van der Waals surface area contributed by atoms with Crippen LogP contribution >= 0.6 is 0 Å². The highest BCUT2D eigenvalue weighted by molar-refractivity contribution is 5.91. The molecule has 0 aromatic heterocycles. The standard InChI is InChI=1S/C27H17FN2O3/c28-23-11-4-3-9-20(23)27(31)32-17-12-13-21-24(14-17)33-26(30)22(15-29)25(21)19-10-5-7-16-6-1-2-8-18(16)19/h1-14,25H,30H2. The lowest BCUT2D eigenvalue weighted by atomic mass is 9.81. The number of nitrogens with two attached hydrogens (primary N) is 1. The molecule has 0 bridgehead atoms. The van der Waals surface area contributed by atoms with Gasteiger partial charge in [-0.25, -0.2) is 9.18 Å². The average Bonchev–Trinajstić information content (AvgIpc) is 2.83. The van der Waals surface area contributed by atoms with Gasteiger partial charge in [-0.15, -0.1) is 0 Å². The van der Waals surface area contributed by atoms with Gasteiger partial charge in [0.05, 0.1) is 11.5 Å². The Bertz CT molecular complexity index is 1480. The molecule has 4 aromatic rings. The molecule has 0 amide bonds. The highest BCUT2D eigenvalue weighted by Crippen LogP contribution is 2.45. The molecule has 0 saturated carbocycles. The van der Waals surface area contributed by atoms with Crippen LogP contribution in [-0.2, 0) is 0 Å². The number of nitriles is 1. The number of carbonyl (C=O) groups is 1. The number of allylic oxidation sites excluding steroid dienone is 1. The van der Waals surface area contributed by atoms with E-state index < -0.39 is 17.7 Å². The molecule has 0 spiro atoms. The van der Waals surface area contributed by atoms with Crippen LogP contribution in [0.3, 0.4) is 0 Å². The number of carbonyl (C=O) groups excluding carboxylic acids is 1. The van der Waals surface area contributed by atoms with Crippen LogP contribution in [-0.4, -0.2) is 5.97 Å². The molecule has 0 saturated heterocycles. The van der Waals surface area contributed by atoms with Crippen molar-refractivity contribution in [2.45, 2.75) is 5.92 Å². The van der Waals surface area contributed by atoms with Gasteiger partial charge in [0.2, 0.25) is 5.88 Å². The molecule has 2 N–H and O–H groups in total. The van der Waals surface area contributed by atoms with E-state index in [-0.39, 0.29) is 17.2 Å². The van der Waals surface area contributed by atoms with Crippen molar-refractivity contribution >= 4 is 16.7 Å². The Labute approximate surface area is 189 Å². The maximum atomic E-state index is 13.9. The van der Waals surface area contributed by atoms with Crippen molar-refractivity contribution in [2.24, 2.45) is 5.73 Å². The lowest BCUT2D eigenvalue weighted by molar-refractivity contribution is 0.0729. The molecular formula is C27H17FN2O3. The number of nitrogens with zero attached hydrogens (tertiary/aromatic N) is 1. The van der Waals surface area contributed by atoms with Crippen LogP contribution in [0.4, 0.5) is 4.39 Å². The molecule has 6 heteroatoms. The number of rotatable bonds is 3. The van der Waals surface area contributed by atoms with Crippen molar-refractivity contribution in [2.75, 3.05) is 0 Å². The number of fused-ring (bicyclic) bond motifs is 2. The molecule has 1 heterocycles. The van der Waals surface area contributed by atoms with Gasteiger partial charge in [0.15, 0.2) is 0 Å². The van der Waals surface area contributed by atoms with Gasteiger partial charge in [0, 0.05) is 11.6 Å². The summed E-state index contributed by atoms with van der Waals surface area (Å²) in [6, 6.07) is 26.4. The van der Waals surface area contributed by atoms with E-state index in [1.54, 1.807) is 18.2 Å². The quantitative estimate of drug-likeness (QED) is 0.343. The van der Waals surface area contributed by atoms with Crippen LogP contribution in [0.1, 0.15) is 27.4 Å². The van der Waals surface area contributed by atoms with Crippen molar-refractivity contribution in [1.29, 1.82) is 5.26 Å². The summed E-state index contributed by atoms with van der Waals surface area (Å²) in [5, 5.41) is 11.9. The van der Waals surface area contributed by atoms with Crippen molar-refractivity contribution < 1.29 is 18.7 Å². The summed E-state index contributed by atoms with van der Waals surface area (Å²) in [4.78, 5) is 12.4. The van der Waals surface area contributed by atoms with E-state index in [1.165, 1.54) is 24.3 Å². The molecule has 1 aliphatic rings. The largest absolute Gasteiger partial charge is 0.440 e. The number of ether oxygens (including phenoxy) is 2. The van der Waals surface area contributed by atoms with Crippen LogP contribution in [0.5, 0.6) is 11.5 Å². The van der Waals surface area contributed by atoms with E-state index in [0.29, 0.717) is 16.9 Å². The molecule has 4 aromatic carbocycles. The minimum absolute atomic E-state index is 0.0134. The van der Waals surface area contributed by atoms with E-state index >= 15 is 0 Å². The Morgan fingerprint density at radius 2 is 1.73 bits per heavy atom. The Balaban J connectivity index is 1.58. The van der Waals surface area contributed by atoms with Crippen LogP contribution in [0.25, 0.3) is 10.8 Å². The average molecular weight is 436 g/mol. The molecule has 0 aliphatic carbocycles. The number of benzene rings is 4. The summed E-state index contributed by atoms with van der Waals surface area (Å²) in [7, 11) is 0. The van der Waals surface area contributed by atoms with Crippen LogP contribution < -0.4 is 15.2 Å². The molecule has 5 rings (SSSR count). The predicted octanol–water partition coefficient (Wildman–Crippen LogP) is 5.42. The topological polar surface area (TPSA) is 85.3 Å². The third-order valence-electron chi connectivity index (χ3n) is 5.63. The molecule has 1 atom stereocenters. The minimum Gasteiger partial charge on any atom is -0.440 e. The zero-order chi connectivity index (χ0) is 22.9.